The van der Waals surface area contributed by atoms with Crippen LogP contribution in [0.1, 0.15) is 37.5 Å². The summed E-state index contributed by atoms with van der Waals surface area (Å²) < 4.78 is 4.75. The molecule has 1 heterocycles. The summed E-state index contributed by atoms with van der Waals surface area (Å²) in [5.41, 5.74) is 1.89. The second-order valence-electron chi connectivity index (χ2n) is 5.94. The number of aromatic amines is 1. The van der Waals surface area contributed by atoms with Gasteiger partial charge in [0.1, 0.15) is 11.3 Å². The molecule has 0 saturated carbocycles. The van der Waals surface area contributed by atoms with E-state index < -0.39 is 17.2 Å². The van der Waals surface area contributed by atoms with Gasteiger partial charge in [-0.1, -0.05) is 41.5 Å². The van der Waals surface area contributed by atoms with Crippen molar-refractivity contribution in [3.05, 3.63) is 80.6 Å². The third-order valence-electron chi connectivity index (χ3n) is 4.09. The van der Waals surface area contributed by atoms with Crippen molar-refractivity contribution in [1.82, 2.24) is 4.98 Å². The number of ketones is 1. The molecule has 0 atom stereocenters. The second kappa shape index (κ2) is 6.36. The standard InChI is InChI=1S/C20H17NO4/c1-11-4-7-13(8-5-11)18(22)16-17(20(24)25-3)21-15-9-6-12(2)10-14(15)19(16)23/h4-10H,1-3H3,(H,21,23). The van der Waals surface area contributed by atoms with Gasteiger partial charge in [0.15, 0.2) is 5.78 Å². The maximum Gasteiger partial charge on any atom is 0.355 e. The Kier molecular flexibility index (Phi) is 4.23. The van der Waals surface area contributed by atoms with E-state index >= 15 is 0 Å². The lowest BCUT2D eigenvalue weighted by Crippen LogP contribution is -2.24. The van der Waals surface area contributed by atoms with Crippen LogP contribution in [0.3, 0.4) is 0 Å². The summed E-state index contributed by atoms with van der Waals surface area (Å²) in [6.07, 6.45) is 0. The SMILES string of the molecule is COC(=O)c1[nH]c2ccc(C)cc2c(=O)c1C(=O)c1ccc(C)cc1. The molecule has 0 aliphatic heterocycles. The van der Waals surface area contributed by atoms with Crippen LogP contribution in [0.25, 0.3) is 10.9 Å². The number of nitrogens with one attached hydrogen (secondary N) is 1. The Hall–Kier alpha value is -3.21. The summed E-state index contributed by atoms with van der Waals surface area (Å²) in [7, 11) is 1.21. The molecule has 0 spiro atoms. The van der Waals surface area contributed by atoms with Crippen LogP contribution in [0.4, 0.5) is 0 Å². The second-order valence-corrected chi connectivity index (χ2v) is 5.94. The molecule has 1 N–H and O–H groups in total. The minimum Gasteiger partial charge on any atom is -0.464 e. The predicted molar refractivity (Wildman–Crippen MR) is 95.3 cm³/mol. The topological polar surface area (TPSA) is 76.2 Å². The van der Waals surface area contributed by atoms with Crippen LogP contribution < -0.4 is 5.43 Å². The molecule has 126 valence electrons. The highest BCUT2D eigenvalue weighted by Gasteiger charge is 2.25. The third kappa shape index (κ3) is 2.96. The first-order valence-electron chi connectivity index (χ1n) is 7.78. The molecular weight excluding hydrogens is 318 g/mol. The van der Waals surface area contributed by atoms with Crippen molar-refractivity contribution >= 4 is 22.7 Å². The Morgan fingerprint density at radius 1 is 0.960 bits per heavy atom. The van der Waals surface area contributed by atoms with Crippen LogP contribution in [0.5, 0.6) is 0 Å². The summed E-state index contributed by atoms with van der Waals surface area (Å²) in [5.74, 6) is -1.26. The van der Waals surface area contributed by atoms with Gasteiger partial charge in [-0.25, -0.2) is 4.79 Å². The van der Waals surface area contributed by atoms with Crippen LogP contribution in [-0.4, -0.2) is 23.8 Å². The number of hydrogen-bond donors (Lipinski definition) is 1. The molecule has 5 heteroatoms. The number of hydrogen-bond acceptors (Lipinski definition) is 4. The van der Waals surface area contributed by atoms with Crippen molar-refractivity contribution < 1.29 is 14.3 Å². The zero-order chi connectivity index (χ0) is 18.1. The van der Waals surface area contributed by atoms with E-state index in [4.69, 9.17) is 4.74 Å². The smallest absolute Gasteiger partial charge is 0.355 e. The van der Waals surface area contributed by atoms with E-state index in [9.17, 15) is 14.4 Å². The third-order valence-corrected chi connectivity index (χ3v) is 4.09. The largest absolute Gasteiger partial charge is 0.464 e. The molecule has 1 aromatic heterocycles. The summed E-state index contributed by atoms with van der Waals surface area (Å²) in [6, 6.07) is 12.1. The van der Waals surface area contributed by atoms with Crippen LogP contribution in [0.15, 0.2) is 47.3 Å². The normalized spacial score (nSPS) is 10.7. The predicted octanol–water partition coefficient (Wildman–Crippen LogP) is 3.16. The fourth-order valence-electron chi connectivity index (χ4n) is 2.72. The van der Waals surface area contributed by atoms with Crippen LogP contribution >= 0.6 is 0 Å². The number of H-pyrrole nitrogens is 1. The van der Waals surface area contributed by atoms with Gasteiger partial charge in [0.2, 0.25) is 5.43 Å². The van der Waals surface area contributed by atoms with Crippen molar-refractivity contribution in [3.8, 4) is 0 Å². The number of benzene rings is 2. The Morgan fingerprint density at radius 2 is 1.60 bits per heavy atom. The zero-order valence-corrected chi connectivity index (χ0v) is 14.2. The lowest BCUT2D eigenvalue weighted by atomic mass is 9.98. The van der Waals surface area contributed by atoms with Crippen molar-refractivity contribution in [2.24, 2.45) is 0 Å². The van der Waals surface area contributed by atoms with E-state index in [0.29, 0.717) is 16.5 Å². The molecule has 0 bridgehead atoms. The van der Waals surface area contributed by atoms with E-state index in [2.05, 4.69) is 4.98 Å². The Balaban J connectivity index is 2.32. The fourth-order valence-corrected chi connectivity index (χ4v) is 2.72. The molecular formula is C20H17NO4. The average Bonchev–Trinajstić information content (AvgIpc) is 2.61. The van der Waals surface area contributed by atoms with E-state index in [1.54, 1.807) is 36.4 Å². The van der Waals surface area contributed by atoms with Gasteiger partial charge in [-0.05, 0) is 26.0 Å². The maximum atomic E-state index is 13.0. The van der Waals surface area contributed by atoms with E-state index in [-0.39, 0.29) is 11.3 Å². The number of rotatable bonds is 3. The van der Waals surface area contributed by atoms with Crippen molar-refractivity contribution in [2.45, 2.75) is 13.8 Å². The summed E-state index contributed by atoms with van der Waals surface area (Å²) in [5, 5.41) is 0.364. The minimum atomic E-state index is -0.755. The van der Waals surface area contributed by atoms with Crippen LogP contribution in [0.2, 0.25) is 0 Å². The van der Waals surface area contributed by atoms with Gasteiger partial charge in [-0.2, -0.15) is 0 Å². The fraction of sp³-hybridized carbons (Fsp3) is 0.150. The highest BCUT2D eigenvalue weighted by atomic mass is 16.5. The molecule has 0 aliphatic carbocycles. The number of esters is 1. The first kappa shape index (κ1) is 16.6. The van der Waals surface area contributed by atoms with Gasteiger partial charge in [0.05, 0.1) is 7.11 Å². The lowest BCUT2D eigenvalue weighted by molar-refractivity contribution is 0.0591. The molecule has 3 aromatic rings. The maximum absolute atomic E-state index is 13.0. The van der Waals surface area contributed by atoms with Crippen molar-refractivity contribution in [3.63, 3.8) is 0 Å². The van der Waals surface area contributed by atoms with Crippen molar-refractivity contribution in [2.75, 3.05) is 7.11 Å². The first-order chi connectivity index (χ1) is 11.9. The molecule has 0 amide bonds. The molecule has 0 aliphatic rings. The van der Waals surface area contributed by atoms with Crippen LogP contribution in [-0.2, 0) is 4.74 Å². The minimum absolute atomic E-state index is 0.130. The highest BCUT2D eigenvalue weighted by molar-refractivity contribution is 6.15. The number of pyridine rings is 1. The Labute approximate surface area is 144 Å². The number of methoxy groups -OCH3 is 1. The van der Waals surface area contributed by atoms with Crippen LogP contribution in [0, 0.1) is 13.8 Å². The number of fused-ring (bicyclic) bond motifs is 1. The van der Waals surface area contributed by atoms with E-state index in [1.807, 2.05) is 19.9 Å². The Bertz CT molecular complexity index is 1050. The van der Waals surface area contributed by atoms with Gasteiger partial charge in [0.25, 0.3) is 0 Å². The monoisotopic (exact) mass is 335 g/mol. The molecule has 0 radical (unpaired) electrons. The molecule has 0 unspecified atom stereocenters. The van der Waals surface area contributed by atoms with Gasteiger partial charge in [-0.3, -0.25) is 9.59 Å². The summed E-state index contributed by atoms with van der Waals surface area (Å²) >= 11 is 0. The van der Waals surface area contributed by atoms with Gasteiger partial charge in [0, 0.05) is 16.5 Å². The molecule has 0 saturated heterocycles. The number of ether oxygens (including phenoxy) is 1. The van der Waals surface area contributed by atoms with Gasteiger partial charge >= 0.3 is 5.97 Å². The highest BCUT2D eigenvalue weighted by Crippen LogP contribution is 2.17. The van der Waals surface area contributed by atoms with Gasteiger partial charge < -0.3 is 9.72 Å². The van der Waals surface area contributed by atoms with E-state index in [0.717, 1.165) is 11.1 Å². The summed E-state index contributed by atoms with van der Waals surface area (Å²) in [4.78, 5) is 40.9. The molecule has 3 rings (SSSR count). The average molecular weight is 335 g/mol. The molecule has 5 nitrogen and oxygen atoms in total. The number of carbonyl (C=O) groups is 2. The zero-order valence-electron chi connectivity index (χ0n) is 14.2. The van der Waals surface area contributed by atoms with E-state index in [1.165, 1.54) is 7.11 Å². The van der Waals surface area contributed by atoms with Crippen molar-refractivity contribution in [1.29, 1.82) is 0 Å². The summed E-state index contributed by atoms with van der Waals surface area (Å²) in [6.45, 7) is 3.76. The molecule has 25 heavy (non-hydrogen) atoms. The molecule has 0 fully saturated rings. The van der Waals surface area contributed by atoms with Gasteiger partial charge in [-0.15, -0.1) is 0 Å². The number of carbonyl (C=O) groups excluding carboxylic acids is 2. The lowest BCUT2D eigenvalue weighted by Gasteiger charge is -2.10. The molecule has 2 aromatic carbocycles. The number of aryl methyl sites for hydroxylation is 2. The number of aromatic nitrogens is 1. The first-order valence-corrected chi connectivity index (χ1v) is 7.78. The Morgan fingerprint density at radius 3 is 2.24 bits per heavy atom. The quantitative estimate of drug-likeness (QED) is 0.589.